The number of halogens is 3. The van der Waals surface area contributed by atoms with Crippen LogP contribution in [0, 0.1) is 0 Å². The molecule has 34 heavy (non-hydrogen) atoms. The highest BCUT2D eigenvalue weighted by Crippen LogP contribution is 2.35. The average Bonchev–Trinajstić information content (AvgIpc) is 3.15. The van der Waals surface area contributed by atoms with E-state index in [1.165, 1.54) is 43.5 Å². The van der Waals surface area contributed by atoms with Crippen molar-refractivity contribution in [3.63, 3.8) is 0 Å². The minimum Gasteiger partial charge on any atom is -0.494 e. The van der Waals surface area contributed by atoms with Crippen LogP contribution in [-0.2, 0) is 6.54 Å². The summed E-state index contributed by atoms with van der Waals surface area (Å²) >= 11 is 19.4. The summed E-state index contributed by atoms with van der Waals surface area (Å²) in [4.78, 5) is 42.8. The second-order valence-corrected chi connectivity index (χ2v) is 9.03. The van der Waals surface area contributed by atoms with E-state index < -0.39 is 17.8 Å². The molecule has 0 saturated carbocycles. The van der Waals surface area contributed by atoms with Crippen molar-refractivity contribution in [1.82, 2.24) is 9.88 Å². The molecule has 3 rings (SSSR count). The molecule has 0 radical (unpaired) electrons. The molecule has 0 bridgehead atoms. The second kappa shape index (κ2) is 10.9. The molecule has 178 valence electrons. The third-order valence-electron chi connectivity index (χ3n) is 4.53. The lowest BCUT2D eigenvalue weighted by molar-refractivity contribution is 0.102. The molecule has 0 aliphatic heterocycles. The number of anilines is 2. The highest BCUT2D eigenvalue weighted by Gasteiger charge is 2.24. The maximum atomic E-state index is 13.1. The Labute approximate surface area is 213 Å². The van der Waals surface area contributed by atoms with Crippen molar-refractivity contribution >= 4 is 75.5 Å². The highest BCUT2D eigenvalue weighted by molar-refractivity contribution is 7.13. The van der Waals surface area contributed by atoms with Crippen LogP contribution in [0.5, 0.6) is 5.75 Å². The summed E-state index contributed by atoms with van der Waals surface area (Å²) in [7, 11) is 2.88. The molecule has 0 aliphatic carbocycles. The Morgan fingerprint density at radius 3 is 2.47 bits per heavy atom. The lowest BCUT2D eigenvalue weighted by Crippen LogP contribution is -2.31. The number of urea groups is 1. The molecule has 0 atom stereocenters. The summed E-state index contributed by atoms with van der Waals surface area (Å²) in [5.41, 5.74) is 5.92. The highest BCUT2D eigenvalue weighted by atomic mass is 35.5. The van der Waals surface area contributed by atoms with E-state index in [1.54, 1.807) is 11.4 Å². The van der Waals surface area contributed by atoms with Gasteiger partial charge in [-0.1, -0.05) is 34.8 Å². The number of hydrogen-bond donors (Lipinski definition) is 3. The Morgan fingerprint density at radius 2 is 1.85 bits per heavy atom. The Hall–Kier alpha value is -3.05. The van der Waals surface area contributed by atoms with Crippen LogP contribution in [0.4, 0.5) is 16.3 Å². The van der Waals surface area contributed by atoms with E-state index in [4.69, 9.17) is 45.3 Å². The van der Waals surface area contributed by atoms with Crippen LogP contribution >= 0.6 is 46.1 Å². The summed E-state index contributed by atoms with van der Waals surface area (Å²) in [5, 5.41) is 7.73. The predicted octanol–water partition coefficient (Wildman–Crippen LogP) is 5.13. The number of benzene rings is 1. The Kier molecular flexibility index (Phi) is 8.21. The van der Waals surface area contributed by atoms with Gasteiger partial charge in [0.15, 0.2) is 0 Å². The summed E-state index contributed by atoms with van der Waals surface area (Å²) in [5.74, 6) is -0.763. The molecule has 0 fully saturated rings. The zero-order chi connectivity index (χ0) is 25.0. The third kappa shape index (κ3) is 5.89. The quantitative estimate of drug-likeness (QED) is 0.382. The van der Waals surface area contributed by atoms with E-state index in [2.05, 4.69) is 15.6 Å². The van der Waals surface area contributed by atoms with Crippen molar-refractivity contribution in [1.29, 1.82) is 0 Å². The number of nitrogens with one attached hydrogen (secondary N) is 2. The molecule has 2 aromatic heterocycles. The number of amides is 4. The number of carbonyl (C=O) groups is 3. The number of carbonyl (C=O) groups excluding carboxylic acids is 3. The number of primary amides is 1. The Morgan fingerprint density at radius 1 is 1.12 bits per heavy atom. The molecule has 0 aliphatic rings. The first kappa shape index (κ1) is 25.6. The van der Waals surface area contributed by atoms with Gasteiger partial charge in [0.25, 0.3) is 11.8 Å². The van der Waals surface area contributed by atoms with Crippen LogP contribution < -0.4 is 21.1 Å². The van der Waals surface area contributed by atoms with Crippen LogP contribution in [0.25, 0.3) is 0 Å². The number of ether oxygens (including phenoxy) is 1. The van der Waals surface area contributed by atoms with Crippen molar-refractivity contribution in [3.05, 3.63) is 66.9 Å². The first-order valence-electron chi connectivity index (χ1n) is 9.49. The van der Waals surface area contributed by atoms with Gasteiger partial charge < -0.3 is 26.0 Å². The minimum absolute atomic E-state index is 0.0378. The first-order valence-corrected chi connectivity index (χ1v) is 11.5. The van der Waals surface area contributed by atoms with Gasteiger partial charge in [0, 0.05) is 36.4 Å². The van der Waals surface area contributed by atoms with Crippen LogP contribution in [-0.4, -0.2) is 41.9 Å². The molecule has 9 nitrogen and oxygen atoms in total. The number of aromatic nitrogens is 1. The summed E-state index contributed by atoms with van der Waals surface area (Å²) in [6.07, 6.45) is 1.38. The normalized spacial score (nSPS) is 10.5. The van der Waals surface area contributed by atoms with E-state index in [-0.39, 0.29) is 44.3 Å². The lowest BCUT2D eigenvalue weighted by atomic mass is 10.1. The molecule has 3 aromatic rings. The van der Waals surface area contributed by atoms with Gasteiger partial charge in [-0.05, 0) is 23.6 Å². The maximum absolute atomic E-state index is 13.1. The number of thiophene rings is 1. The summed E-state index contributed by atoms with van der Waals surface area (Å²) in [6.45, 7) is 0.129. The Balaban J connectivity index is 1.91. The van der Waals surface area contributed by atoms with Crippen molar-refractivity contribution in [3.8, 4) is 5.75 Å². The van der Waals surface area contributed by atoms with Gasteiger partial charge in [0.2, 0.25) is 0 Å². The van der Waals surface area contributed by atoms with Crippen LogP contribution in [0.2, 0.25) is 15.1 Å². The topological polar surface area (TPSA) is 127 Å². The van der Waals surface area contributed by atoms with E-state index in [1.807, 2.05) is 0 Å². The van der Waals surface area contributed by atoms with Gasteiger partial charge in [-0.3, -0.25) is 9.59 Å². The molecule has 0 spiro atoms. The molecular formula is C21H18Cl3N5O4S. The van der Waals surface area contributed by atoms with Gasteiger partial charge in [-0.15, -0.1) is 11.3 Å². The smallest absolute Gasteiger partial charge is 0.314 e. The lowest BCUT2D eigenvalue weighted by Gasteiger charge is -2.16. The first-order chi connectivity index (χ1) is 16.1. The van der Waals surface area contributed by atoms with Crippen molar-refractivity contribution in [2.75, 3.05) is 24.8 Å². The zero-order valence-electron chi connectivity index (χ0n) is 17.8. The van der Waals surface area contributed by atoms with Crippen LogP contribution in [0.15, 0.2) is 35.8 Å². The molecule has 13 heteroatoms. The van der Waals surface area contributed by atoms with Crippen molar-refractivity contribution in [2.45, 2.75) is 6.54 Å². The minimum atomic E-state index is -0.634. The number of pyridine rings is 1. The SMILES string of the molecule is COc1cc(Cl)cc(C(=O)Nc2ccc(Cl)cn2)c1NC(=O)c1scc(CN(C)C(N)=O)c1Cl. The van der Waals surface area contributed by atoms with Gasteiger partial charge in [0.05, 0.1) is 28.4 Å². The van der Waals surface area contributed by atoms with Crippen molar-refractivity contribution < 1.29 is 19.1 Å². The molecule has 0 unspecified atom stereocenters. The number of methoxy groups -OCH3 is 1. The number of nitrogens with zero attached hydrogens (tertiary/aromatic N) is 2. The van der Waals surface area contributed by atoms with Gasteiger partial charge >= 0.3 is 6.03 Å². The molecule has 4 amide bonds. The maximum Gasteiger partial charge on any atom is 0.314 e. The monoisotopic (exact) mass is 541 g/mol. The standard InChI is InChI=1S/C21H18Cl3N5O4S/c1-29(21(25)32)8-10-9-34-18(16(10)24)20(31)28-17-13(5-12(23)6-14(17)33-2)19(30)27-15-4-3-11(22)7-26-15/h3-7,9H,8H2,1-2H3,(H2,25,32)(H,28,31)(H,26,27,30). The Bertz CT molecular complexity index is 1250. The fraction of sp³-hybridized carbons (Fsp3) is 0.143. The third-order valence-corrected chi connectivity index (χ3v) is 6.54. The van der Waals surface area contributed by atoms with Crippen molar-refractivity contribution in [2.24, 2.45) is 5.73 Å². The van der Waals surface area contributed by atoms with Crippen LogP contribution in [0.1, 0.15) is 25.6 Å². The average molecular weight is 543 g/mol. The fourth-order valence-corrected chi connectivity index (χ4v) is 4.39. The van der Waals surface area contributed by atoms with E-state index >= 15 is 0 Å². The second-order valence-electron chi connectivity index (χ2n) is 6.90. The predicted molar refractivity (Wildman–Crippen MR) is 134 cm³/mol. The molecule has 1 aromatic carbocycles. The van der Waals surface area contributed by atoms with Crippen LogP contribution in [0.3, 0.4) is 0 Å². The molecule has 4 N–H and O–H groups in total. The largest absolute Gasteiger partial charge is 0.494 e. The van der Waals surface area contributed by atoms with Gasteiger partial charge in [-0.25, -0.2) is 9.78 Å². The number of nitrogens with two attached hydrogens (primary N) is 1. The number of hydrogen-bond acceptors (Lipinski definition) is 6. The van der Waals surface area contributed by atoms with Gasteiger partial charge in [-0.2, -0.15) is 0 Å². The number of rotatable bonds is 7. The molecule has 2 heterocycles. The van der Waals surface area contributed by atoms with Gasteiger partial charge in [0.1, 0.15) is 16.4 Å². The zero-order valence-corrected chi connectivity index (χ0v) is 20.9. The molecular weight excluding hydrogens is 525 g/mol. The molecule has 0 saturated heterocycles. The van der Waals surface area contributed by atoms with E-state index in [0.29, 0.717) is 10.6 Å². The van der Waals surface area contributed by atoms with E-state index in [0.717, 1.165) is 11.3 Å². The van der Waals surface area contributed by atoms with E-state index in [9.17, 15) is 14.4 Å². The summed E-state index contributed by atoms with van der Waals surface area (Å²) in [6, 6.07) is 5.30. The fourth-order valence-electron chi connectivity index (χ4n) is 2.83. The summed E-state index contributed by atoms with van der Waals surface area (Å²) < 4.78 is 5.33.